The summed E-state index contributed by atoms with van der Waals surface area (Å²) in [5.74, 6) is 2.00. The van der Waals surface area contributed by atoms with Gasteiger partial charge >= 0.3 is 0 Å². The Morgan fingerprint density at radius 3 is 2.50 bits per heavy atom. The average molecular weight is 280 g/mol. The van der Waals surface area contributed by atoms with E-state index >= 15 is 0 Å². The van der Waals surface area contributed by atoms with Crippen LogP contribution in [0.15, 0.2) is 0 Å². The Bertz CT molecular complexity index is 299. The van der Waals surface area contributed by atoms with Crippen molar-refractivity contribution in [1.29, 1.82) is 0 Å². The fraction of sp³-hybridized carbons (Fsp3) is 0.941. The number of rotatable bonds is 7. The second kappa shape index (κ2) is 8.02. The monoisotopic (exact) mass is 280 g/mol. The average Bonchev–Trinajstić information content (AvgIpc) is 3.21. The number of hydrogen-bond donors (Lipinski definition) is 2. The summed E-state index contributed by atoms with van der Waals surface area (Å²) in [6.07, 6.45) is 10.8. The molecule has 0 aromatic heterocycles. The van der Waals surface area contributed by atoms with Crippen LogP contribution < -0.4 is 10.6 Å². The highest BCUT2D eigenvalue weighted by molar-refractivity contribution is 5.76. The zero-order valence-electron chi connectivity index (χ0n) is 13.3. The Kier molecular flexibility index (Phi) is 6.34. The lowest BCUT2D eigenvalue weighted by Gasteiger charge is -2.19. The summed E-state index contributed by atoms with van der Waals surface area (Å²) in [4.78, 5) is 11.6. The summed E-state index contributed by atoms with van der Waals surface area (Å²) in [5.41, 5.74) is 0. The number of carbonyl (C=O) groups excluding carboxylic acids is 1. The number of hydrogen-bond acceptors (Lipinski definition) is 2. The fourth-order valence-corrected chi connectivity index (χ4v) is 3.28. The summed E-state index contributed by atoms with van der Waals surface area (Å²) in [7, 11) is 0. The number of nitrogens with one attached hydrogen (secondary N) is 2. The van der Waals surface area contributed by atoms with Crippen LogP contribution in [0.3, 0.4) is 0 Å². The first kappa shape index (κ1) is 15.8. The van der Waals surface area contributed by atoms with Gasteiger partial charge in [0.1, 0.15) is 0 Å². The van der Waals surface area contributed by atoms with E-state index in [0.717, 1.165) is 24.8 Å². The Morgan fingerprint density at radius 1 is 1.05 bits per heavy atom. The SMILES string of the molecule is CC(C)C1CCCC(NCCCC(=O)NC2CC2)CC1. The molecule has 0 saturated heterocycles. The van der Waals surface area contributed by atoms with Crippen molar-refractivity contribution in [3.63, 3.8) is 0 Å². The van der Waals surface area contributed by atoms with Gasteiger partial charge in [0.25, 0.3) is 0 Å². The van der Waals surface area contributed by atoms with Crippen LogP contribution >= 0.6 is 0 Å². The zero-order chi connectivity index (χ0) is 14.4. The number of carbonyl (C=O) groups is 1. The second-order valence-electron chi connectivity index (χ2n) is 7.11. The molecule has 0 aliphatic heterocycles. The predicted molar refractivity (Wildman–Crippen MR) is 83.6 cm³/mol. The van der Waals surface area contributed by atoms with E-state index in [0.29, 0.717) is 18.5 Å². The van der Waals surface area contributed by atoms with Gasteiger partial charge in [-0.1, -0.05) is 26.7 Å². The first-order chi connectivity index (χ1) is 9.65. The molecule has 0 spiro atoms. The summed E-state index contributed by atoms with van der Waals surface area (Å²) >= 11 is 0. The van der Waals surface area contributed by atoms with E-state index in [9.17, 15) is 4.79 Å². The highest BCUT2D eigenvalue weighted by Crippen LogP contribution is 2.28. The van der Waals surface area contributed by atoms with Crippen LogP contribution in [0.4, 0.5) is 0 Å². The second-order valence-corrected chi connectivity index (χ2v) is 7.11. The van der Waals surface area contributed by atoms with Crippen LogP contribution in [0.2, 0.25) is 0 Å². The van der Waals surface area contributed by atoms with Gasteiger partial charge in [-0.25, -0.2) is 0 Å². The maximum atomic E-state index is 11.6. The first-order valence-corrected chi connectivity index (χ1v) is 8.68. The molecule has 0 aromatic rings. The molecule has 2 saturated carbocycles. The largest absolute Gasteiger partial charge is 0.353 e. The lowest BCUT2D eigenvalue weighted by atomic mass is 9.89. The van der Waals surface area contributed by atoms with E-state index < -0.39 is 0 Å². The normalized spacial score (nSPS) is 27.4. The minimum Gasteiger partial charge on any atom is -0.353 e. The molecule has 0 aromatic carbocycles. The van der Waals surface area contributed by atoms with Crippen LogP contribution in [0.1, 0.15) is 71.6 Å². The van der Waals surface area contributed by atoms with Crippen molar-refractivity contribution in [3.8, 4) is 0 Å². The van der Waals surface area contributed by atoms with Gasteiger partial charge < -0.3 is 10.6 Å². The van der Waals surface area contributed by atoms with Crippen molar-refractivity contribution in [1.82, 2.24) is 10.6 Å². The Hall–Kier alpha value is -0.570. The van der Waals surface area contributed by atoms with Gasteiger partial charge in [-0.3, -0.25) is 4.79 Å². The predicted octanol–water partition coefficient (Wildman–Crippen LogP) is 3.24. The Morgan fingerprint density at radius 2 is 1.80 bits per heavy atom. The Labute approximate surface area is 124 Å². The smallest absolute Gasteiger partial charge is 0.220 e. The molecule has 2 fully saturated rings. The van der Waals surface area contributed by atoms with Crippen molar-refractivity contribution in [2.75, 3.05) is 6.54 Å². The molecule has 1 amide bonds. The van der Waals surface area contributed by atoms with E-state index in [1.54, 1.807) is 0 Å². The van der Waals surface area contributed by atoms with Gasteiger partial charge in [0, 0.05) is 18.5 Å². The summed E-state index contributed by atoms with van der Waals surface area (Å²) in [6, 6.07) is 1.19. The topological polar surface area (TPSA) is 41.1 Å². The van der Waals surface area contributed by atoms with Crippen LogP contribution in [-0.2, 0) is 4.79 Å². The van der Waals surface area contributed by atoms with Gasteiger partial charge in [0.05, 0.1) is 0 Å². The van der Waals surface area contributed by atoms with Gasteiger partial charge in [-0.15, -0.1) is 0 Å². The highest BCUT2D eigenvalue weighted by Gasteiger charge is 2.23. The summed E-state index contributed by atoms with van der Waals surface area (Å²) in [5, 5.41) is 6.72. The molecular formula is C17H32N2O. The lowest BCUT2D eigenvalue weighted by molar-refractivity contribution is -0.121. The molecule has 2 N–H and O–H groups in total. The molecule has 2 rings (SSSR count). The van der Waals surface area contributed by atoms with Crippen molar-refractivity contribution < 1.29 is 4.79 Å². The first-order valence-electron chi connectivity index (χ1n) is 8.68. The van der Waals surface area contributed by atoms with E-state index in [1.807, 2.05) is 0 Å². The molecule has 20 heavy (non-hydrogen) atoms. The van der Waals surface area contributed by atoms with Gasteiger partial charge in [-0.05, 0) is 56.9 Å². The molecule has 2 aliphatic carbocycles. The zero-order valence-corrected chi connectivity index (χ0v) is 13.3. The van der Waals surface area contributed by atoms with E-state index in [2.05, 4.69) is 24.5 Å². The highest BCUT2D eigenvalue weighted by atomic mass is 16.1. The van der Waals surface area contributed by atoms with Crippen LogP contribution in [-0.4, -0.2) is 24.5 Å². The lowest BCUT2D eigenvalue weighted by Crippen LogP contribution is -2.31. The summed E-state index contributed by atoms with van der Waals surface area (Å²) in [6.45, 7) is 5.71. The minimum absolute atomic E-state index is 0.245. The van der Waals surface area contributed by atoms with E-state index in [4.69, 9.17) is 0 Å². The maximum absolute atomic E-state index is 11.6. The molecule has 2 aliphatic rings. The van der Waals surface area contributed by atoms with Crippen molar-refractivity contribution >= 4 is 5.91 Å². The molecule has 0 bridgehead atoms. The van der Waals surface area contributed by atoms with Crippen LogP contribution in [0, 0.1) is 11.8 Å². The molecule has 0 radical (unpaired) electrons. The molecule has 3 heteroatoms. The van der Waals surface area contributed by atoms with Crippen LogP contribution in [0.5, 0.6) is 0 Å². The fourth-order valence-electron chi connectivity index (χ4n) is 3.28. The molecule has 116 valence electrons. The van der Waals surface area contributed by atoms with Crippen molar-refractivity contribution in [3.05, 3.63) is 0 Å². The third kappa shape index (κ3) is 5.82. The third-order valence-electron chi connectivity index (χ3n) is 4.91. The van der Waals surface area contributed by atoms with Crippen LogP contribution in [0.25, 0.3) is 0 Å². The molecule has 2 atom stereocenters. The summed E-state index contributed by atoms with van der Waals surface area (Å²) < 4.78 is 0. The third-order valence-corrected chi connectivity index (χ3v) is 4.91. The number of amides is 1. The molecule has 2 unspecified atom stereocenters. The van der Waals surface area contributed by atoms with Gasteiger partial charge in [0.15, 0.2) is 0 Å². The standard InChI is InChI=1S/C17H32N2O/c1-13(2)14-5-3-6-15(9-8-14)18-12-4-7-17(20)19-16-10-11-16/h13-16,18H,3-12H2,1-2H3,(H,19,20). The van der Waals surface area contributed by atoms with E-state index in [-0.39, 0.29) is 5.91 Å². The van der Waals surface area contributed by atoms with E-state index in [1.165, 1.54) is 44.9 Å². The molecular weight excluding hydrogens is 248 g/mol. The Balaban J connectivity index is 1.53. The van der Waals surface area contributed by atoms with Crippen molar-refractivity contribution in [2.45, 2.75) is 83.7 Å². The van der Waals surface area contributed by atoms with Gasteiger partial charge in [-0.2, -0.15) is 0 Å². The van der Waals surface area contributed by atoms with Crippen molar-refractivity contribution in [2.24, 2.45) is 11.8 Å². The molecule has 0 heterocycles. The minimum atomic E-state index is 0.245. The van der Waals surface area contributed by atoms with Gasteiger partial charge in [0.2, 0.25) is 5.91 Å². The molecule has 3 nitrogen and oxygen atoms in total. The quantitative estimate of drug-likeness (QED) is 0.555. The maximum Gasteiger partial charge on any atom is 0.220 e.